The van der Waals surface area contributed by atoms with Crippen LogP contribution in [0.2, 0.25) is 15.1 Å². The smallest absolute Gasteiger partial charge is 0.338 e. The molecule has 2 nitrogen and oxygen atoms in total. The van der Waals surface area contributed by atoms with Gasteiger partial charge in [-0.05, 0) is 48.0 Å². The number of ether oxygens (including phenoxy) is 1. The summed E-state index contributed by atoms with van der Waals surface area (Å²) in [5, 5.41) is 1.58. The molecular weight excluding hydrogens is 307 g/mol. The molecule has 0 fully saturated rings. The van der Waals surface area contributed by atoms with Gasteiger partial charge in [0.1, 0.15) is 6.61 Å². The molecule has 19 heavy (non-hydrogen) atoms. The summed E-state index contributed by atoms with van der Waals surface area (Å²) < 4.78 is 5.16. The number of esters is 1. The van der Waals surface area contributed by atoms with Crippen molar-refractivity contribution in [2.75, 3.05) is 0 Å². The fraction of sp³-hybridized carbons (Fsp3) is 0.0714. The second-order valence-corrected chi connectivity index (χ2v) is 5.17. The zero-order valence-corrected chi connectivity index (χ0v) is 12.0. The molecule has 0 aliphatic carbocycles. The number of carbonyl (C=O) groups excluding carboxylic acids is 1. The largest absolute Gasteiger partial charge is 0.457 e. The van der Waals surface area contributed by atoms with E-state index in [0.29, 0.717) is 20.6 Å². The van der Waals surface area contributed by atoms with Crippen molar-refractivity contribution in [3.63, 3.8) is 0 Å². The number of hydrogen-bond donors (Lipinski definition) is 0. The number of halogens is 3. The lowest BCUT2D eigenvalue weighted by atomic mass is 10.2. The molecule has 0 saturated carbocycles. The fourth-order valence-corrected chi connectivity index (χ4v) is 2.21. The number of carbonyl (C=O) groups is 1. The second-order valence-electron chi connectivity index (χ2n) is 3.86. The van der Waals surface area contributed by atoms with E-state index in [-0.39, 0.29) is 6.61 Å². The zero-order chi connectivity index (χ0) is 13.8. The van der Waals surface area contributed by atoms with Crippen LogP contribution >= 0.6 is 34.8 Å². The van der Waals surface area contributed by atoms with Crippen molar-refractivity contribution in [1.82, 2.24) is 0 Å². The quantitative estimate of drug-likeness (QED) is 0.745. The molecule has 0 aromatic heterocycles. The minimum absolute atomic E-state index is 0.113. The molecule has 0 aliphatic heterocycles. The molecule has 2 aromatic carbocycles. The van der Waals surface area contributed by atoms with Crippen molar-refractivity contribution in [2.45, 2.75) is 6.61 Å². The van der Waals surface area contributed by atoms with Crippen LogP contribution in [0.5, 0.6) is 0 Å². The first-order valence-electron chi connectivity index (χ1n) is 5.42. The van der Waals surface area contributed by atoms with Crippen molar-refractivity contribution in [1.29, 1.82) is 0 Å². The first-order chi connectivity index (χ1) is 9.04. The van der Waals surface area contributed by atoms with Crippen LogP contribution in [0.25, 0.3) is 0 Å². The Morgan fingerprint density at radius 1 is 0.895 bits per heavy atom. The molecule has 5 heteroatoms. The van der Waals surface area contributed by atoms with Crippen LogP contribution < -0.4 is 0 Å². The molecule has 0 amide bonds. The molecule has 0 saturated heterocycles. The van der Waals surface area contributed by atoms with Crippen molar-refractivity contribution in [3.8, 4) is 0 Å². The third-order valence-electron chi connectivity index (χ3n) is 2.37. The van der Waals surface area contributed by atoms with Gasteiger partial charge in [0.2, 0.25) is 0 Å². The highest BCUT2D eigenvalue weighted by Crippen LogP contribution is 2.20. The van der Waals surface area contributed by atoms with Crippen LogP contribution in [0.15, 0.2) is 42.5 Å². The lowest BCUT2D eigenvalue weighted by Gasteiger charge is -2.06. The Hall–Kier alpha value is -1.22. The van der Waals surface area contributed by atoms with E-state index in [1.807, 2.05) is 0 Å². The highest BCUT2D eigenvalue weighted by Gasteiger charge is 2.07. The predicted octanol–water partition coefficient (Wildman–Crippen LogP) is 5.00. The molecule has 0 aliphatic rings. The Labute approximate surface area is 125 Å². The average molecular weight is 316 g/mol. The van der Waals surface area contributed by atoms with E-state index in [4.69, 9.17) is 39.5 Å². The van der Waals surface area contributed by atoms with Gasteiger partial charge in [0, 0.05) is 15.1 Å². The highest BCUT2D eigenvalue weighted by molar-refractivity contribution is 6.34. The Morgan fingerprint density at radius 2 is 1.47 bits per heavy atom. The summed E-state index contributed by atoms with van der Waals surface area (Å²) in [5.74, 6) is -0.423. The van der Waals surface area contributed by atoms with Gasteiger partial charge in [-0.25, -0.2) is 4.79 Å². The fourth-order valence-electron chi connectivity index (χ4n) is 1.51. The minimum atomic E-state index is -0.423. The van der Waals surface area contributed by atoms with E-state index in [2.05, 4.69) is 0 Å². The number of rotatable bonds is 3. The molecule has 0 atom stereocenters. The molecule has 0 bridgehead atoms. The Bertz CT molecular complexity index is 574. The van der Waals surface area contributed by atoms with Gasteiger partial charge in [0.05, 0.1) is 5.56 Å². The van der Waals surface area contributed by atoms with Crippen LogP contribution in [-0.2, 0) is 11.3 Å². The van der Waals surface area contributed by atoms with Gasteiger partial charge < -0.3 is 4.74 Å². The van der Waals surface area contributed by atoms with E-state index in [1.165, 1.54) is 0 Å². The summed E-state index contributed by atoms with van der Waals surface area (Å²) in [6.07, 6.45) is 0. The maximum Gasteiger partial charge on any atom is 0.338 e. The van der Waals surface area contributed by atoms with E-state index in [1.54, 1.807) is 42.5 Å². The first-order valence-corrected chi connectivity index (χ1v) is 6.55. The highest BCUT2D eigenvalue weighted by atomic mass is 35.5. The zero-order valence-electron chi connectivity index (χ0n) is 9.70. The lowest BCUT2D eigenvalue weighted by Crippen LogP contribution is -2.05. The third kappa shape index (κ3) is 4.13. The van der Waals surface area contributed by atoms with Gasteiger partial charge in [0.15, 0.2) is 0 Å². The number of benzene rings is 2. The Kier molecular flexibility index (Phi) is 4.70. The third-order valence-corrected chi connectivity index (χ3v) is 3.06. The van der Waals surface area contributed by atoms with E-state index < -0.39 is 5.97 Å². The van der Waals surface area contributed by atoms with Crippen LogP contribution in [0.1, 0.15) is 15.9 Å². The topological polar surface area (TPSA) is 26.3 Å². The molecule has 2 rings (SSSR count). The van der Waals surface area contributed by atoms with Gasteiger partial charge in [-0.2, -0.15) is 0 Å². The minimum Gasteiger partial charge on any atom is -0.457 e. The molecule has 0 spiro atoms. The van der Waals surface area contributed by atoms with Crippen LogP contribution in [0, 0.1) is 0 Å². The normalized spacial score (nSPS) is 10.3. The van der Waals surface area contributed by atoms with Crippen molar-refractivity contribution in [2.24, 2.45) is 0 Å². The summed E-state index contributed by atoms with van der Waals surface area (Å²) in [5.41, 5.74) is 1.18. The van der Waals surface area contributed by atoms with E-state index >= 15 is 0 Å². The van der Waals surface area contributed by atoms with Gasteiger partial charge in [-0.1, -0.05) is 34.8 Å². The van der Waals surface area contributed by atoms with Crippen molar-refractivity contribution in [3.05, 3.63) is 68.7 Å². The van der Waals surface area contributed by atoms with Gasteiger partial charge in [-0.3, -0.25) is 0 Å². The molecule has 0 N–H and O–H groups in total. The predicted molar refractivity (Wildman–Crippen MR) is 77.0 cm³/mol. The summed E-state index contributed by atoms with van der Waals surface area (Å²) >= 11 is 17.5. The lowest BCUT2D eigenvalue weighted by molar-refractivity contribution is 0.0472. The molecule has 98 valence electrons. The van der Waals surface area contributed by atoms with Gasteiger partial charge in [0.25, 0.3) is 0 Å². The van der Waals surface area contributed by atoms with Crippen molar-refractivity contribution < 1.29 is 9.53 Å². The van der Waals surface area contributed by atoms with Gasteiger partial charge >= 0.3 is 5.97 Å². The van der Waals surface area contributed by atoms with Crippen LogP contribution in [0.3, 0.4) is 0 Å². The maximum atomic E-state index is 11.8. The van der Waals surface area contributed by atoms with Crippen LogP contribution in [-0.4, -0.2) is 5.97 Å². The van der Waals surface area contributed by atoms with Crippen molar-refractivity contribution >= 4 is 40.8 Å². The summed E-state index contributed by atoms with van der Waals surface area (Å²) in [6.45, 7) is 0.113. The summed E-state index contributed by atoms with van der Waals surface area (Å²) in [6, 6.07) is 11.5. The standard InChI is InChI=1S/C14H9Cl3O2/c15-11-3-1-10(2-4-11)14(18)19-8-9-5-12(16)7-13(17)6-9/h1-7H,8H2. The SMILES string of the molecule is O=C(OCc1cc(Cl)cc(Cl)c1)c1ccc(Cl)cc1. The monoisotopic (exact) mass is 314 g/mol. The van der Waals surface area contributed by atoms with Crippen LogP contribution in [0.4, 0.5) is 0 Å². The second kappa shape index (κ2) is 6.29. The van der Waals surface area contributed by atoms with Gasteiger partial charge in [-0.15, -0.1) is 0 Å². The summed E-state index contributed by atoms with van der Waals surface area (Å²) in [7, 11) is 0. The van der Waals surface area contributed by atoms with E-state index in [9.17, 15) is 4.79 Å². The molecular formula is C14H9Cl3O2. The molecule has 2 aromatic rings. The molecule has 0 radical (unpaired) electrons. The summed E-state index contributed by atoms with van der Waals surface area (Å²) in [4.78, 5) is 11.8. The van der Waals surface area contributed by atoms with E-state index in [0.717, 1.165) is 5.56 Å². The molecule has 0 unspecified atom stereocenters. The maximum absolute atomic E-state index is 11.8. The Morgan fingerprint density at radius 3 is 2.05 bits per heavy atom. The molecule has 0 heterocycles. The Balaban J connectivity index is 2.02. The average Bonchev–Trinajstić information content (AvgIpc) is 2.36. The first kappa shape index (κ1) is 14.2. The number of hydrogen-bond acceptors (Lipinski definition) is 2.